The molecular formula is C40H30O4. The van der Waals surface area contributed by atoms with E-state index in [0.717, 1.165) is 43.8 Å². The van der Waals surface area contributed by atoms with Crippen LogP contribution in [0.5, 0.6) is 0 Å². The Labute approximate surface area is 256 Å². The van der Waals surface area contributed by atoms with Crippen molar-refractivity contribution in [1.29, 1.82) is 0 Å². The van der Waals surface area contributed by atoms with Crippen molar-refractivity contribution in [2.75, 3.05) is 0 Å². The first kappa shape index (κ1) is 28.4. The highest BCUT2D eigenvalue weighted by Crippen LogP contribution is 2.44. The molecule has 0 bridgehead atoms. The van der Waals surface area contributed by atoms with Crippen LogP contribution in [0.2, 0.25) is 0 Å². The summed E-state index contributed by atoms with van der Waals surface area (Å²) in [5, 5.41) is 3.95. The lowest BCUT2D eigenvalue weighted by Crippen LogP contribution is -2.13. The summed E-state index contributed by atoms with van der Waals surface area (Å²) >= 11 is 0. The maximum atomic E-state index is 13.2. The predicted molar refractivity (Wildman–Crippen MR) is 176 cm³/mol. The Morgan fingerprint density at radius 2 is 0.841 bits per heavy atom. The van der Waals surface area contributed by atoms with Crippen molar-refractivity contribution in [1.82, 2.24) is 0 Å². The predicted octanol–water partition coefficient (Wildman–Crippen LogP) is 9.83. The molecule has 0 aromatic heterocycles. The van der Waals surface area contributed by atoms with Gasteiger partial charge < -0.3 is 9.47 Å². The normalized spacial score (nSPS) is 12.3. The van der Waals surface area contributed by atoms with Gasteiger partial charge in [-0.25, -0.2) is 9.59 Å². The lowest BCUT2D eigenvalue weighted by atomic mass is 9.84. The maximum absolute atomic E-state index is 13.2. The van der Waals surface area contributed by atoms with Crippen molar-refractivity contribution in [2.45, 2.75) is 12.2 Å². The van der Waals surface area contributed by atoms with Gasteiger partial charge in [-0.05, 0) is 69.1 Å². The fraction of sp³-hybridized carbons (Fsp3) is 0.0500. The largest absolute Gasteiger partial charge is 0.450 e. The first-order valence-corrected chi connectivity index (χ1v) is 14.4. The molecule has 0 N–H and O–H groups in total. The molecule has 0 amide bonds. The third kappa shape index (κ3) is 5.53. The van der Waals surface area contributed by atoms with E-state index in [9.17, 15) is 9.59 Å². The van der Waals surface area contributed by atoms with Crippen LogP contribution in [0, 0.1) is 0 Å². The molecule has 0 radical (unpaired) electrons. The Balaban J connectivity index is 1.57. The molecule has 4 nitrogen and oxygen atoms in total. The van der Waals surface area contributed by atoms with E-state index in [-0.39, 0.29) is 0 Å². The van der Waals surface area contributed by atoms with Crippen LogP contribution >= 0.6 is 0 Å². The summed E-state index contributed by atoms with van der Waals surface area (Å²) in [5.41, 5.74) is 4.15. The molecule has 0 saturated carbocycles. The molecule has 0 aliphatic rings. The molecule has 6 aromatic rings. The maximum Gasteiger partial charge on any atom is 0.339 e. The molecule has 0 unspecified atom stereocenters. The first-order chi connectivity index (χ1) is 21.6. The van der Waals surface area contributed by atoms with E-state index >= 15 is 0 Å². The smallest absolute Gasteiger partial charge is 0.339 e. The minimum atomic E-state index is -0.761. The van der Waals surface area contributed by atoms with Crippen molar-refractivity contribution >= 4 is 33.5 Å². The zero-order chi connectivity index (χ0) is 30.5. The van der Waals surface area contributed by atoms with Gasteiger partial charge in [-0.15, -0.1) is 0 Å². The van der Waals surface area contributed by atoms with Crippen LogP contribution in [0.25, 0.3) is 32.7 Å². The highest BCUT2D eigenvalue weighted by molar-refractivity contribution is 6.08. The molecule has 44 heavy (non-hydrogen) atoms. The number of carbonyl (C=O) groups excluding carboxylic acids is 2. The molecule has 0 aliphatic heterocycles. The average molecular weight is 575 g/mol. The number of rotatable bonds is 9. The van der Waals surface area contributed by atoms with Gasteiger partial charge in [0.1, 0.15) is 12.2 Å². The number of hydrogen-bond acceptors (Lipinski definition) is 4. The van der Waals surface area contributed by atoms with Crippen LogP contribution < -0.4 is 0 Å². The molecule has 2 atom stereocenters. The summed E-state index contributed by atoms with van der Waals surface area (Å²) in [6.07, 6.45) is 1.76. The van der Waals surface area contributed by atoms with E-state index in [1.165, 1.54) is 0 Å². The number of ether oxygens (including phenoxy) is 2. The van der Waals surface area contributed by atoms with Crippen LogP contribution in [-0.2, 0) is 9.47 Å². The summed E-state index contributed by atoms with van der Waals surface area (Å²) in [4.78, 5) is 26.5. The van der Waals surface area contributed by atoms with Crippen LogP contribution in [0.3, 0.4) is 0 Å². The molecule has 6 rings (SSSR count). The lowest BCUT2D eigenvalue weighted by Gasteiger charge is -2.25. The highest BCUT2D eigenvalue weighted by Gasteiger charge is 2.26. The number of hydrogen-bond donors (Lipinski definition) is 0. The first-order valence-electron chi connectivity index (χ1n) is 14.4. The van der Waals surface area contributed by atoms with Crippen LogP contribution in [0.4, 0.5) is 0 Å². The Morgan fingerprint density at radius 1 is 0.477 bits per heavy atom. The summed E-state index contributed by atoms with van der Waals surface area (Å²) in [5.74, 6) is -0.901. The molecule has 6 aromatic carbocycles. The van der Waals surface area contributed by atoms with Crippen molar-refractivity contribution in [3.05, 3.63) is 181 Å². The SMILES string of the molecule is C=C[C@@H](OC(=O)c1ccccc1)c1ccc2ccccc2c1-c1c([C@@H](C=C)OC(=O)c2ccccc2)ccc2ccccc12. The van der Waals surface area contributed by atoms with E-state index in [2.05, 4.69) is 25.3 Å². The second-order valence-corrected chi connectivity index (χ2v) is 10.4. The lowest BCUT2D eigenvalue weighted by molar-refractivity contribution is 0.0381. The second kappa shape index (κ2) is 12.6. The number of fused-ring (bicyclic) bond motifs is 2. The summed E-state index contributed by atoms with van der Waals surface area (Å²) < 4.78 is 12.2. The molecule has 4 heteroatoms. The van der Waals surface area contributed by atoms with Crippen LogP contribution in [0.15, 0.2) is 159 Å². The van der Waals surface area contributed by atoms with Crippen LogP contribution in [-0.4, -0.2) is 11.9 Å². The Morgan fingerprint density at radius 3 is 1.23 bits per heavy atom. The standard InChI is InChI=1S/C40H30O4/c1-3-35(43-39(41)29-17-7-5-8-18-29)33-25-23-27-15-11-13-21-31(27)37(33)38-32-22-14-12-16-28(32)24-26-34(38)36(4-2)44-40(42)30-19-9-6-10-20-30/h3-26,35-36H,1-2H2/t35-,36-/m1/s1. The van der Waals surface area contributed by atoms with Crippen LogP contribution in [0.1, 0.15) is 44.1 Å². The molecule has 0 aliphatic carbocycles. The molecule has 214 valence electrons. The van der Waals surface area contributed by atoms with Crippen molar-refractivity contribution in [3.63, 3.8) is 0 Å². The molecule has 0 heterocycles. The van der Waals surface area contributed by atoms with Gasteiger partial charge in [-0.2, -0.15) is 0 Å². The minimum Gasteiger partial charge on any atom is -0.450 e. The van der Waals surface area contributed by atoms with Gasteiger partial charge in [0.05, 0.1) is 11.1 Å². The van der Waals surface area contributed by atoms with Crippen molar-refractivity contribution < 1.29 is 19.1 Å². The van der Waals surface area contributed by atoms with Gasteiger partial charge in [0.15, 0.2) is 0 Å². The van der Waals surface area contributed by atoms with Gasteiger partial charge >= 0.3 is 11.9 Å². The van der Waals surface area contributed by atoms with Gasteiger partial charge in [-0.1, -0.05) is 122 Å². The molecular weight excluding hydrogens is 544 g/mol. The third-order valence-corrected chi connectivity index (χ3v) is 7.70. The minimum absolute atomic E-state index is 0.450. The summed E-state index contributed by atoms with van der Waals surface area (Å²) in [6, 6.07) is 42.0. The highest BCUT2D eigenvalue weighted by atomic mass is 16.5. The van der Waals surface area contributed by atoms with E-state index in [1.807, 2.05) is 72.8 Å². The molecule has 0 saturated heterocycles. The number of esters is 2. The van der Waals surface area contributed by atoms with Gasteiger partial charge in [0.25, 0.3) is 0 Å². The topological polar surface area (TPSA) is 52.6 Å². The molecule has 0 fully saturated rings. The quantitative estimate of drug-likeness (QED) is 0.127. The monoisotopic (exact) mass is 574 g/mol. The second-order valence-electron chi connectivity index (χ2n) is 10.4. The van der Waals surface area contributed by atoms with Gasteiger partial charge in [0.2, 0.25) is 0 Å². The zero-order valence-electron chi connectivity index (χ0n) is 24.1. The molecule has 0 spiro atoms. The van der Waals surface area contributed by atoms with E-state index < -0.39 is 24.1 Å². The average Bonchev–Trinajstić information content (AvgIpc) is 3.09. The Kier molecular flexibility index (Phi) is 8.15. The van der Waals surface area contributed by atoms with Gasteiger partial charge in [-0.3, -0.25) is 0 Å². The number of benzene rings is 6. The Hall–Kier alpha value is -5.74. The van der Waals surface area contributed by atoms with Crippen molar-refractivity contribution in [2.24, 2.45) is 0 Å². The summed E-state index contributed by atoms with van der Waals surface area (Å²) in [6.45, 7) is 8.09. The number of carbonyl (C=O) groups is 2. The van der Waals surface area contributed by atoms with E-state index in [0.29, 0.717) is 11.1 Å². The Bertz CT molecular complexity index is 1850. The van der Waals surface area contributed by atoms with Gasteiger partial charge in [0, 0.05) is 11.1 Å². The fourth-order valence-electron chi connectivity index (χ4n) is 5.60. The van der Waals surface area contributed by atoms with E-state index in [1.54, 1.807) is 60.7 Å². The van der Waals surface area contributed by atoms with E-state index in [4.69, 9.17) is 9.47 Å². The third-order valence-electron chi connectivity index (χ3n) is 7.70. The summed E-state index contributed by atoms with van der Waals surface area (Å²) in [7, 11) is 0. The zero-order valence-corrected chi connectivity index (χ0v) is 24.1. The fourth-order valence-corrected chi connectivity index (χ4v) is 5.60. The van der Waals surface area contributed by atoms with Crippen molar-refractivity contribution in [3.8, 4) is 11.1 Å².